The van der Waals surface area contributed by atoms with Crippen LogP contribution in [0.15, 0.2) is 116 Å². The van der Waals surface area contributed by atoms with Crippen LogP contribution in [0.3, 0.4) is 0 Å². The molecule has 8 aromatic rings. The van der Waals surface area contributed by atoms with Gasteiger partial charge in [-0.05, 0) is 103 Å². The molecule has 0 aliphatic carbocycles. The summed E-state index contributed by atoms with van der Waals surface area (Å²) in [5.41, 5.74) is 31.2. The lowest BCUT2D eigenvalue weighted by Gasteiger charge is -2.13. The van der Waals surface area contributed by atoms with Crippen LogP contribution in [0.5, 0.6) is 0 Å². The maximum absolute atomic E-state index is 13.6. The van der Waals surface area contributed by atoms with E-state index in [1.807, 2.05) is 134 Å². The Morgan fingerprint density at radius 3 is 1.38 bits per heavy atom. The Hall–Kier alpha value is -7.70. The Kier molecular flexibility index (Phi) is 17.7. The number of rotatable bonds is 22. The molecular formula is C54H70N14O4. The van der Waals surface area contributed by atoms with Crippen LogP contribution < -0.4 is 56.1 Å². The average Bonchev–Trinajstić information content (AvgIpc) is 3.91. The summed E-state index contributed by atoms with van der Waals surface area (Å²) >= 11 is 0. The topological polar surface area (TPSA) is 252 Å². The van der Waals surface area contributed by atoms with Crippen molar-refractivity contribution in [3.63, 3.8) is 0 Å². The number of aromatic nitrogens is 8. The van der Waals surface area contributed by atoms with Crippen molar-refractivity contribution < 1.29 is 0 Å². The number of nitrogen functional groups attached to an aromatic ring is 4. The van der Waals surface area contributed by atoms with Crippen LogP contribution in [-0.2, 0) is 65.0 Å². The predicted molar refractivity (Wildman–Crippen MR) is 291 cm³/mol. The van der Waals surface area contributed by atoms with Gasteiger partial charge >= 0.3 is 11.4 Å². The highest BCUT2D eigenvalue weighted by Crippen LogP contribution is 2.20. The van der Waals surface area contributed by atoms with Crippen LogP contribution in [0.2, 0.25) is 0 Å². The fourth-order valence-corrected chi connectivity index (χ4v) is 9.02. The molecule has 0 atom stereocenters. The van der Waals surface area contributed by atoms with Gasteiger partial charge < -0.3 is 42.7 Å². The molecule has 0 radical (unpaired) electrons. The smallest absolute Gasteiger partial charge is 0.332 e. The lowest BCUT2D eigenvalue weighted by atomic mass is 10.1. The Morgan fingerprint density at radius 2 is 0.931 bits per heavy atom. The summed E-state index contributed by atoms with van der Waals surface area (Å²) in [6.45, 7) is 13.7. The molecule has 0 fully saturated rings. The molecule has 4 aromatic heterocycles. The molecule has 0 saturated heterocycles. The Morgan fingerprint density at radius 1 is 0.458 bits per heavy atom. The zero-order valence-electron chi connectivity index (χ0n) is 42.1. The number of para-hydroxylation sites is 1. The van der Waals surface area contributed by atoms with Gasteiger partial charge in [-0.2, -0.15) is 0 Å². The van der Waals surface area contributed by atoms with E-state index in [0.717, 1.165) is 47.0 Å². The number of fused-ring (bicyclic) bond motifs is 2. The van der Waals surface area contributed by atoms with Crippen LogP contribution in [0.1, 0.15) is 74.4 Å². The first-order valence-corrected chi connectivity index (χ1v) is 25.1. The van der Waals surface area contributed by atoms with Gasteiger partial charge in [0.2, 0.25) is 0 Å². The third-order valence-electron chi connectivity index (χ3n) is 12.7. The van der Waals surface area contributed by atoms with Gasteiger partial charge in [0.25, 0.3) is 11.1 Å². The second kappa shape index (κ2) is 24.4. The fourth-order valence-electron chi connectivity index (χ4n) is 9.02. The second-order valence-electron chi connectivity index (χ2n) is 18.0. The van der Waals surface area contributed by atoms with E-state index in [-0.39, 0.29) is 22.5 Å². The second-order valence-corrected chi connectivity index (χ2v) is 18.0. The van der Waals surface area contributed by atoms with E-state index in [2.05, 4.69) is 10.6 Å². The van der Waals surface area contributed by atoms with E-state index < -0.39 is 0 Å². The maximum Gasteiger partial charge on any atom is 0.332 e. The molecule has 4 heterocycles. The first kappa shape index (κ1) is 52.1. The number of anilines is 4. The van der Waals surface area contributed by atoms with Crippen LogP contribution in [0, 0.1) is 0 Å². The van der Waals surface area contributed by atoms with Crippen molar-refractivity contribution in [1.82, 2.24) is 48.0 Å². The lowest BCUT2D eigenvalue weighted by Crippen LogP contribution is -2.41. The maximum atomic E-state index is 13.6. The standard InChI is InChI=1S/2C27H35N7O2/c1-3-14-34-26(35)24-25(33(27(34)36)15-12-19-6-5-7-22(29)17-19)31-23(32(24)16-13-30-4-2)18-20-8-10-21(28)11-9-20;1-3-15-34-26(35)24-25(33(27(34)36)16-13-20-7-5-6-8-22(20)29)31-23(32(24)17-14-30-4-2)18-19-9-11-21(28)12-10-19/h5-11,17,30H,3-4,12-16,18,28-29H2,1-2H3;5-12,30H,3-4,13-18,28-29H2,1-2H3. The summed E-state index contributed by atoms with van der Waals surface area (Å²) in [4.78, 5) is 64.0. The van der Waals surface area contributed by atoms with E-state index >= 15 is 0 Å². The Balaban J connectivity index is 0.000000211. The van der Waals surface area contributed by atoms with Crippen molar-refractivity contribution in [3.05, 3.63) is 173 Å². The van der Waals surface area contributed by atoms with Crippen molar-refractivity contribution in [1.29, 1.82) is 0 Å². The van der Waals surface area contributed by atoms with Gasteiger partial charge in [0, 0.05) is 87.9 Å². The third kappa shape index (κ3) is 12.1. The lowest BCUT2D eigenvalue weighted by molar-refractivity contribution is 0.555. The number of likely N-dealkylation sites (N-methyl/N-ethyl adjacent to an activating group) is 2. The van der Waals surface area contributed by atoms with Crippen molar-refractivity contribution >= 4 is 45.1 Å². The summed E-state index contributed by atoms with van der Waals surface area (Å²) < 4.78 is 9.91. The molecular weight excluding hydrogens is 909 g/mol. The summed E-state index contributed by atoms with van der Waals surface area (Å²) in [6.07, 6.45) is 3.56. The summed E-state index contributed by atoms with van der Waals surface area (Å²) in [7, 11) is 0. The van der Waals surface area contributed by atoms with Crippen LogP contribution in [0.4, 0.5) is 22.7 Å². The van der Waals surface area contributed by atoms with Crippen molar-refractivity contribution in [2.75, 3.05) is 49.1 Å². The van der Waals surface area contributed by atoms with Gasteiger partial charge in [0.15, 0.2) is 22.3 Å². The van der Waals surface area contributed by atoms with Crippen molar-refractivity contribution in [2.24, 2.45) is 0 Å². The zero-order valence-corrected chi connectivity index (χ0v) is 42.1. The molecule has 4 aromatic carbocycles. The molecule has 0 unspecified atom stereocenters. The number of hydrogen-bond acceptors (Lipinski definition) is 12. The molecule has 0 saturated carbocycles. The number of nitrogens with zero attached hydrogens (tertiary/aromatic N) is 8. The monoisotopic (exact) mass is 979 g/mol. The molecule has 72 heavy (non-hydrogen) atoms. The average molecular weight is 979 g/mol. The van der Waals surface area contributed by atoms with Gasteiger partial charge in [0.05, 0.1) is 0 Å². The molecule has 380 valence electrons. The highest BCUT2D eigenvalue weighted by Gasteiger charge is 2.24. The van der Waals surface area contributed by atoms with Gasteiger partial charge in [-0.1, -0.05) is 82.3 Å². The van der Waals surface area contributed by atoms with E-state index in [0.29, 0.717) is 136 Å². The Bertz CT molecular complexity index is 3340. The third-order valence-corrected chi connectivity index (χ3v) is 12.7. The minimum Gasteiger partial charge on any atom is -0.399 e. The van der Waals surface area contributed by atoms with Gasteiger partial charge in [-0.3, -0.25) is 27.9 Å². The normalized spacial score (nSPS) is 11.4. The van der Waals surface area contributed by atoms with Gasteiger partial charge in [-0.25, -0.2) is 19.6 Å². The molecule has 18 nitrogen and oxygen atoms in total. The molecule has 10 N–H and O–H groups in total. The van der Waals surface area contributed by atoms with Gasteiger partial charge in [0.1, 0.15) is 11.6 Å². The summed E-state index contributed by atoms with van der Waals surface area (Å²) in [5, 5.41) is 6.66. The minimum absolute atomic E-state index is 0.287. The number of aryl methyl sites for hydroxylation is 4. The molecule has 0 aliphatic heterocycles. The molecule has 18 heteroatoms. The molecule has 0 bridgehead atoms. The number of nitrogens with two attached hydrogens (primary N) is 4. The highest BCUT2D eigenvalue weighted by molar-refractivity contribution is 5.72. The largest absolute Gasteiger partial charge is 0.399 e. The van der Waals surface area contributed by atoms with E-state index in [1.54, 1.807) is 9.13 Å². The number of nitrogens with one attached hydrogen (secondary N) is 2. The van der Waals surface area contributed by atoms with Crippen molar-refractivity contribution in [2.45, 2.75) is 105 Å². The predicted octanol–water partition coefficient (Wildman–Crippen LogP) is 4.75. The quantitative estimate of drug-likeness (QED) is 0.0398. The Labute approximate surface area is 418 Å². The number of imidazole rings is 2. The minimum atomic E-state index is -0.334. The first-order valence-electron chi connectivity index (χ1n) is 25.1. The molecule has 0 spiro atoms. The van der Waals surface area contributed by atoms with E-state index in [1.165, 1.54) is 9.13 Å². The summed E-state index contributed by atoms with van der Waals surface area (Å²) in [6, 6.07) is 30.6. The van der Waals surface area contributed by atoms with E-state index in [4.69, 9.17) is 32.9 Å². The zero-order chi connectivity index (χ0) is 51.3. The highest BCUT2D eigenvalue weighted by atomic mass is 16.2. The molecule has 0 amide bonds. The van der Waals surface area contributed by atoms with Crippen LogP contribution >= 0.6 is 0 Å². The fraction of sp³-hybridized carbons (Fsp3) is 0.370. The first-order chi connectivity index (χ1) is 34.9. The van der Waals surface area contributed by atoms with Crippen LogP contribution in [0.25, 0.3) is 22.3 Å². The van der Waals surface area contributed by atoms with Gasteiger partial charge in [-0.15, -0.1) is 0 Å². The molecule has 8 rings (SSSR count). The van der Waals surface area contributed by atoms with Crippen molar-refractivity contribution in [3.8, 4) is 0 Å². The SMILES string of the molecule is CCCn1c(=O)c2c(nc(Cc3ccc(N)cc3)n2CCNCC)n(CCc2cccc(N)c2)c1=O.CCCn1c(=O)c2c(nc(Cc3ccc(N)cc3)n2CCNCC)n(CCc2ccccc2N)c1=O. The molecule has 0 aliphatic rings. The summed E-state index contributed by atoms with van der Waals surface area (Å²) in [5.74, 6) is 1.49. The van der Waals surface area contributed by atoms with E-state index in [9.17, 15) is 19.2 Å². The number of benzene rings is 4. The number of hydrogen-bond donors (Lipinski definition) is 6. The van der Waals surface area contributed by atoms with Crippen LogP contribution in [-0.4, -0.2) is 63.5 Å².